The van der Waals surface area contributed by atoms with Crippen molar-refractivity contribution >= 4 is 11.6 Å². The van der Waals surface area contributed by atoms with Gasteiger partial charge < -0.3 is 9.73 Å². The Morgan fingerprint density at radius 1 is 1.29 bits per heavy atom. The van der Waals surface area contributed by atoms with Crippen LogP contribution < -0.4 is 5.32 Å². The van der Waals surface area contributed by atoms with Gasteiger partial charge in [-0.1, -0.05) is 0 Å². The molecule has 0 aliphatic rings. The van der Waals surface area contributed by atoms with Crippen molar-refractivity contribution in [2.45, 2.75) is 25.9 Å². The van der Waals surface area contributed by atoms with Crippen molar-refractivity contribution in [1.82, 2.24) is 4.98 Å². The van der Waals surface area contributed by atoms with Crippen LogP contribution in [-0.4, -0.2) is 10.9 Å². The van der Waals surface area contributed by atoms with Crippen molar-refractivity contribution in [3.8, 4) is 0 Å². The van der Waals surface area contributed by atoms with Gasteiger partial charge in [0.15, 0.2) is 5.89 Å². The highest BCUT2D eigenvalue weighted by molar-refractivity contribution is 5.90. The molecule has 1 aromatic carbocycles. The standard InChI is InChI=1S/C14H13F3N2O2/c1-9-18-12(8-21-9)6-7-13(20)19-11-4-2-10(3-5-11)14(15,16)17/h2-5,8H,6-7H2,1H3,(H,19,20). The average Bonchev–Trinajstić information content (AvgIpc) is 2.82. The van der Waals surface area contributed by atoms with Gasteiger partial charge in [-0.25, -0.2) is 4.98 Å². The van der Waals surface area contributed by atoms with Crippen LogP contribution in [0.4, 0.5) is 18.9 Å². The van der Waals surface area contributed by atoms with Gasteiger partial charge in [-0.05, 0) is 24.3 Å². The number of oxazole rings is 1. The van der Waals surface area contributed by atoms with Crippen LogP contribution in [0, 0.1) is 6.92 Å². The molecule has 0 fully saturated rings. The number of hydrogen-bond acceptors (Lipinski definition) is 3. The molecule has 1 N–H and O–H groups in total. The summed E-state index contributed by atoms with van der Waals surface area (Å²) in [5.74, 6) is 0.226. The predicted molar refractivity (Wildman–Crippen MR) is 69.6 cm³/mol. The molecule has 0 saturated carbocycles. The molecule has 21 heavy (non-hydrogen) atoms. The van der Waals surface area contributed by atoms with E-state index >= 15 is 0 Å². The molecule has 0 bridgehead atoms. The number of rotatable bonds is 4. The van der Waals surface area contributed by atoms with Crippen LogP contribution >= 0.6 is 0 Å². The second kappa shape index (κ2) is 5.99. The third-order valence-electron chi connectivity index (χ3n) is 2.77. The number of nitrogens with zero attached hydrogens (tertiary/aromatic N) is 1. The summed E-state index contributed by atoms with van der Waals surface area (Å²) in [5.41, 5.74) is 0.234. The summed E-state index contributed by atoms with van der Waals surface area (Å²) in [6, 6.07) is 4.30. The Labute approximate surface area is 119 Å². The molecule has 7 heteroatoms. The van der Waals surface area contributed by atoms with E-state index in [2.05, 4.69) is 10.3 Å². The molecule has 2 rings (SSSR count). The minimum atomic E-state index is -4.38. The van der Waals surface area contributed by atoms with Crippen LogP contribution in [0.1, 0.15) is 23.6 Å². The highest BCUT2D eigenvalue weighted by Crippen LogP contribution is 2.29. The average molecular weight is 298 g/mol. The van der Waals surface area contributed by atoms with E-state index in [0.717, 1.165) is 12.1 Å². The number of carbonyl (C=O) groups excluding carboxylic acids is 1. The molecule has 0 aliphatic carbocycles. The molecule has 0 unspecified atom stereocenters. The summed E-state index contributed by atoms with van der Waals surface area (Å²) in [6.45, 7) is 1.70. The van der Waals surface area contributed by atoms with Gasteiger partial charge in [-0.3, -0.25) is 4.79 Å². The quantitative estimate of drug-likeness (QED) is 0.938. The molecule has 0 spiro atoms. The topological polar surface area (TPSA) is 55.1 Å². The fraction of sp³-hybridized carbons (Fsp3) is 0.286. The number of nitrogens with one attached hydrogen (secondary N) is 1. The highest BCUT2D eigenvalue weighted by Gasteiger charge is 2.29. The van der Waals surface area contributed by atoms with Gasteiger partial charge in [0.05, 0.1) is 11.3 Å². The van der Waals surface area contributed by atoms with Crippen LogP contribution in [-0.2, 0) is 17.4 Å². The van der Waals surface area contributed by atoms with Gasteiger partial charge in [0, 0.05) is 25.5 Å². The van der Waals surface area contributed by atoms with Gasteiger partial charge in [-0.2, -0.15) is 13.2 Å². The van der Waals surface area contributed by atoms with Gasteiger partial charge in [0.1, 0.15) is 6.26 Å². The number of amides is 1. The Morgan fingerprint density at radius 2 is 1.95 bits per heavy atom. The molecule has 2 aromatic rings. The van der Waals surface area contributed by atoms with E-state index in [-0.39, 0.29) is 12.3 Å². The van der Waals surface area contributed by atoms with Crippen molar-refractivity contribution in [2.24, 2.45) is 0 Å². The minimum Gasteiger partial charge on any atom is -0.449 e. The number of alkyl halides is 3. The maximum atomic E-state index is 12.4. The third-order valence-corrected chi connectivity index (χ3v) is 2.77. The monoisotopic (exact) mass is 298 g/mol. The number of benzene rings is 1. The second-order valence-corrected chi connectivity index (χ2v) is 4.48. The lowest BCUT2D eigenvalue weighted by Crippen LogP contribution is -2.13. The van der Waals surface area contributed by atoms with Crippen molar-refractivity contribution < 1.29 is 22.4 Å². The van der Waals surface area contributed by atoms with Gasteiger partial charge >= 0.3 is 6.18 Å². The zero-order chi connectivity index (χ0) is 15.5. The molecule has 0 atom stereocenters. The summed E-state index contributed by atoms with van der Waals surface area (Å²) < 4.78 is 42.2. The van der Waals surface area contributed by atoms with Crippen molar-refractivity contribution in [3.05, 3.63) is 47.7 Å². The van der Waals surface area contributed by atoms with Crippen LogP contribution in [0.15, 0.2) is 34.9 Å². The van der Waals surface area contributed by atoms with Crippen LogP contribution in [0.5, 0.6) is 0 Å². The molecule has 0 saturated heterocycles. The zero-order valence-electron chi connectivity index (χ0n) is 11.2. The van der Waals surface area contributed by atoms with E-state index in [0.29, 0.717) is 23.7 Å². The molecule has 0 aliphatic heterocycles. The number of halogens is 3. The Balaban J connectivity index is 1.88. The lowest BCUT2D eigenvalue weighted by molar-refractivity contribution is -0.137. The summed E-state index contributed by atoms with van der Waals surface area (Å²) in [7, 11) is 0. The predicted octanol–water partition coefficient (Wildman–Crippen LogP) is 3.57. The normalized spacial score (nSPS) is 11.4. The van der Waals surface area contributed by atoms with E-state index in [1.165, 1.54) is 18.4 Å². The van der Waals surface area contributed by atoms with E-state index in [4.69, 9.17) is 4.42 Å². The smallest absolute Gasteiger partial charge is 0.416 e. The van der Waals surface area contributed by atoms with Crippen LogP contribution in [0.3, 0.4) is 0 Å². The fourth-order valence-corrected chi connectivity index (χ4v) is 1.73. The maximum absolute atomic E-state index is 12.4. The van der Waals surface area contributed by atoms with Crippen LogP contribution in [0.25, 0.3) is 0 Å². The van der Waals surface area contributed by atoms with Gasteiger partial charge in [0.25, 0.3) is 0 Å². The lowest BCUT2D eigenvalue weighted by Gasteiger charge is -2.08. The molecular formula is C14H13F3N2O2. The van der Waals surface area contributed by atoms with E-state index in [1.807, 2.05) is 0 Å². The number of aryl methyl sites for hydroxylation is 2. The summed E-state index contributed by atoms with van der Waals surface area (Å²) >= 11 is 0. The number of aromatic nitrogens is 1. The third kappa shape index (κ3) is 4.34. The Kier molecular flexibility index (Phi) is 4.30. The van der Waals surface area contributed by atoms with E-state index in [9.17, 15) is 18.0 Å². The summed E-state index contributed by atoms with van der Waals surface area (Å²) in [4.78, 5) is 15.7. The number of anilines is 1. The maximum Gasteiger partial charge on any atom is 0.416 e. The first kappa shape index (κ1) is 15.1. The second-order valence-electron chi connectivity index (χ2n) is 4.48. The molecule has 4 nitrogen and oxygen atoms in total. The lowest BCUT2D eigenvalue weighted by atomic mass is 10.2. The fourth-order valence-electron chi connectivity index (χ4n) is 1.73. The first-order chi connectivity index (χ1) is 9.84. The largest absolute Gasteiger partial charge is 0.449 e. The molecule has 1 amide bonds. The van der Waals surface area contributed by atoms with Crippen LogP contribution in [0.2, 0.25) is 0 Å². The minimum absolute atomic E-state index is 0.174. The first-order valence-electron chi connectivity index (χ1n) is 6.23. The van der Waals surface area contributed by atoms with Gasteiger partial charge in [-0.15, -0.1) is 0 Å². The Bertz CT molecular complexity index is 618. The molecule has 1 aromatic heterocycles. The number of hydrogen-bond donors (Lipinski definition) is 1. The highest BCUT2D eigenvalue weighted by atomic mass is 19.4. The summed E-state index contributed by atoms with van der Waals surface area (Å²) in [5, 5.41) is 2.53. The zero-order valence-corrected chi connectivity index (χ0v) is 11.2. The van der Waals surface area contributed by atoms with Crippen molar-refractivity contribution in [1.29, 1.82) is 0 Å². The van der Waals surface area contributed by atoms with Crippen molar-refractivity contribution in [3.63, 3.8) is 0 Å². The molecular weight excluding hydrogens is 285 g/mol. The molecule has 112 valence electrons. The Morgan fingerprint density at radius 3 is 2.48 bits per heavy atom. The Hall–Kier alpha value is -2.31. The first-order valence-corrected chi connectivity index (χ1v) is 6.23. The van der Waals surface area contributed by atoms with Gasteiger partial charge in [0.2, 0.25) is 5.91 Å². The number of carbonyl (C=O) groups is 1. The molecule has 1 heterocycles. The van der Waals surface area contributed by atoms with E-state index in [1.54, 1.807) is 6.92 Å². The summed E-state index contributed by atoms with van der Waals surface area (Å²) in [6.07, 6.45) is -2.33. The van der Waals surface area contributed by atoms with Crippen molar-refractivity contribution in [2.75, 3.05) is 5.32 Å². The van der Waals surface area contributed by atoms with E-state index < -0.39 is 11.7 Å². The SMILES string of the molecule is Cc1nc(CCC(=O)Nc2ccc(C(F)(F)F)cc2)co1. The molecule has 0 radical (unpaired) electrons.